The Balaban J connectivity index is 1.91. The van der Waals surface area contributed by atoms with Gasteiger partial charge >= 0.3 is 0 Å². The summed E-state index contributed by atoms with van der Waals surface area (Å²) < 4.78 is 2.29. The minimum absolute atomic E-state index is 0.424. The molecule has 1 heterocycles. The van der Waals surface area contributed by atoms with Gasteiger partial charge in [0.2, 0.25) is 0 Å². The van der Waals surface area contributed by atoms with Crippen molar-refractivity contribution in [3.05, 3.63) is 36.7 Å². The van der Waals surface area contributed by atoms with E-state index in [1.165, 1.54) is 10.8 Å². The number of carbonyl (C=O) groups is 1. The highest BCUT2D eigenvalue weighted by Gasteiger charge is 2.19. The molecule has 0 unspecified atom stereocenters. The van der Waals surface area contributed by atoms with Gasteiger partial charge in [-0.3, -0.25) is 4.79 Å². The Labute approximate surface area is 94.9 Å². The molecule has 16 heavy (non-hydrogen) atoms. The van der Waals surface area contributed by atoms with Crippen LogP contribution in [0.1, 0.15) is 31.7 Å². The van der Waals surface area contributed by atoms with Crippen molar-refractivity contribution in [2.75, 3.05) is 0 Å². The normalized spacial score (nSPS) is 18.1. The Morgan fingerprint density at radius 2 is 1.56 bits per heavy atom. The molecule has 1 aromatic heterocycles. The Bertz CT molecular complexity index is 483. The summed E-state index contributed by atoms with van der Waals surface area (Å²) in [5.41, 5.74) is 0. The SMILES string of the molecule is O=C1CCC(n2cc3ccccc3c2)CC1. The lowest BCUT2D eigenvalue weighted by Gasteiger charge is -2.22. The first-order chi connectivity index (χ1) is 7.83. The van der Waals surface area contributed by atoms with Crippen molar-refractivity contribution < 1.29 is 4.79 Å². The molecular formula is C14H15NO. The van der Waals surface area contributed by atoms with Crippen LogP contribution in [0.5, 0.6) is 0 Å². The van der Waals surface area contributed by atoms with E-state index in [1.54, 1.807) is 0 Å². The summed E-state index contributed by atoms with van der Waals surface area (Å²) in [6.07, 6.45) is 7.91. The average molecular weight is 213 g/mol. The van der Waals surface area contributed by atoms with E-state index in [2.05, 4.69) is 41.2 Å². The number of nitrogens with zero attached hydrogens (tertiary/aromatic N) is 1. The zero-order chi connectivity index (χ0) is 11.0. The maximum Gasteiger partial charge on any atom is 0.133 e. The zero-order valence-electron chi connectivity index (χ0n) is 9.23. The molecule has 1 aliphatic rings. The van der Waals surface area contributed by atoms with Crippen LogP contribution in [0.2, 0.25) is 0 Å². The van der Waals surface area contributed by atoms with Crippen LogP contribution in [0.3, 0.4) is 0 Å². The molecule has 1 saturated carbocycles. The number of ketones is 1. The van der Waals surface area contributed by atoms with Crippen molar-refractivity contribution >= 4 is 16.6 Å². The van der Waals surface area contributed by atoms with Crippen LogP contribution in [-0.2, 0) is 4.79 Å². The summed E-state index contributed by atoms with van der Waals surface area (Å²) in [7, 11) is 0. The number of carbonyl (C=O) groups excluding carboxylic acids is 1. The Hall–Kier alpha value is -1.57. The van der Waals surface area contributed by atoms with Crippen LogP contribution in [0.25, 0.3) is 10.8 Å². The van der Waals surface area contributed by atoms with Crippen LogP contribution < -0.4 is 0 Å². The van der Waals surface area contributed by atoms with E-state index < -0.39 is 0 Å². The van der Waals surface area contributed by atoms with Crippen molar-refractivity contribution in [2.24, 2.45) is 0 Å². The fraction of sp³-hybridized carbons (Fsp3) is 0.357. The lowest BCUT2D eigenvalue weighted by Crippen LogP contribution is -2.16. The summed E-state index contributed by atoms with van der Waals surface area (Å²) in [5, 5.41) is 2.58. The van der Waals surface area contributed by atoms with Crippen molar-refractivity contribution in [3.8, 4) is 0 Å². The minimum atomic E-state index is 0.424. The van der Waals surface area contributed by atoms with E-state index in [0.29, 0.717) is 11.8 Å². The maximum absolute atomic E-state index is 11.2. The molecule has 82 valence electrons. The summed E-state index contributed by atoms with van der Waals surface area (Å²) in [5.74, 6) is 0.424. The highest BCUT2D eigenvalue weighted by atomic mass is 16.1. The standard InChI is InChI=1S/C14H15NO/c16-14-7-5-13(6-8-14)15-9-11-3-1-2-4-12(11)10-15/h1-4,9-10,13H,5-8H2. The van der Waals surface area contributed by atoms with Crippen LogP contribution in [0.4, 0.5) is 0 Å². The first kappa shape index (κ1) is 9.64. The summed E-state index contributed by atoms with van der Waals surface area (Å²) in [6, 6.07) is 8.93. The third-order valence-electron chi connectivity index (χ3n) is 3.51. The topological polar surface area (TPSA) is 22.0 Å². The monoisotopic (exact) mass is 213 g/mol. The number of hydrogen-bond donors (Lipinski definition) is 0. The van der Waals surface area contributed by atoms with Gasteiger partial charge in [-0.15, -0.1) is 0 Å². The average Bonchev–Trinajstić information content (AvgIpc) is 2.73. The number of hydrogen-bond acceptors (Lipinski definition) is 1. The number of aromatic nitrogens is 1. The molecule has 2 aromatic rings. The zero-order valence-corrected chi connectivity index (χ0v) is 9.23. The molecule has 0 spiro atoms. The van der Waals surface area contributed by atoms with Gasteiger partial charge in [-0.1, -0.05) is 24.3 Å². The quantitative estimate of drug-likeness (QED) is 0.712. The van der Waals surface area contributed by atoms with Gasteiger partial charge in [0.15, 0.2) is 0 Å². The number of fused-ring (bicyclic) bond motifs is 1. The van der Waals surface area contributed by atoms with Gasteiger partial charge in [0.25, 0.3) is 0 Å². The van der Waals surface area contributed by atoms with Gasteiger partial charge in [-0.25, -0.2) is 0 Å². The van der Waals surface area contributed by atoms with E-state index in [4.69, 9.17) is 0 Å². The molecule has 1 aromatic carbocycles. The Kier molecular flexibility index (Phi) is 2.28. The molecule has 0 saturated heterocycles. The third-order valence-corrected chi connectivity index (χ3v) is 3.51. The highest BCUT2D eigenvalue weighted by molar-refractivity contribution is 5.82. The molecule has 3 rings (SSSR count). The Morgan fingerprint density at radius 1 is 1.00 bits per heavy atom. The van der Waals surface area contributed by atoms with Crippen molar-refractivity contribution in [3.63, 3.8) is 0 Å². The fourth-order valence-electron chi connectivity index (χ4n) is 2.54. The predicted molar refractivity (Wildman–Crippen MR) is 64.5 cm³/mol. The van der Waals surface area contributed by atoms with Gasteiger partial charge in [0, 0.05) is 31.3 Å². The second kappa shape index (κ2) is 3.78. The van der Waals surface area contributed by atoms with Crippen molar-refractivity contribution in [1.29, 1.82) is 0 Å². The molecule has 0 bridgehead atoms. The molecular weight excluding hydrogens is 198 g/mol. The molecule has 0 amide bonds. The van der Waals surface area contributed by atoms with Gasteiger partial charge < -0.3 is 4.57 Å². The molecule has 0 radical (unpaired) electrons. The predicted octanol–water partition coefficient (Wildman–Crippen LogP) is 3.33. The van der Waals surface area contributed by atoms with E-state index in [9.17, 15) is 4.79 Å². The molecule has 1 aliphatic carbocycles. The lowest BCUT2D eigenvalue weighted by molar-refractivity contribution is -0.120. The molecule has 0 N–H and O–H groups in total. The van der Waals surface area contributed by atoms with E-state index in [0.717, 1.165) is 25.7 Å². The first-order valence-electron chi connectivity index (χ1n) is 5.91. The second-order valence-corrected chi connectivity index (χ2v) is 4.60. The smallest absolute Gasteiger partial charge is 0.133 e. The summed E-state index contributed by atoms with van der Waals surface area (Å²) in [6.45, 7) is 0. The fourth-order valence-corrected chi connectivity index (χ4v) is 2.54. The van der Waals surface area contributed by atoms with Crippen LogP contribution in [0.15, 0.2) is 36.7 Å². The van der Waals surface area contributed by atoms with Crippen LogP contribution in [0, 0.1) is 0 Å². The van der Waals surface area contributed by atoms with Gasteiger partial charge in [-0.05, 0) is 23.6 Å². The first-order valence-corrected chi connectivity index (χ1v) is 5.91. The molecule has 0 aliphatic heterocycles. The van der Waals surface area contributed by atoms with Crippen LogP contribution in [-0.4, -0.2) is 10.4 Å². The lowest BCUT2D eigenvalue weighted by atomic mass is 9.94. The van der Waals surface area contributed by atoms with E-state index in [-0.39, 0.29) is 0 Å². The number of benzene rings is 1. The molecule has 2 nitrogen and oxygen atoms in total. The molecule has 0 atom stereocenters. The van der Waals surface area contributed by atoms with E-state index in [1.807, 2.05) is 0 Å². The molecule has 2 heteroatoms. The minimum Gasteiger partial charge on any atom is -0.350 e. The third kappa shape index (κ3) is 1.64. The van der Waals surface area contributed by atoms with Gasteiger partial charge in [0.1, 0.15) is 5.78 Å². The summed E-state index contributed by atoms with van der Waals surface area (Å²) >= 11 is 0. The van der Waals surface area contributed by atoms with Gasteiger partial charge in [0.05, 0.1) is 0 Å². The van der Waals surface area contributed by atoms with Crippen molar-refractivity contribution in [1.82, 2.24) is 4.57 Å². The number of Topliss-reactive ketones (excluding diaryl/α,β-unsaturated/α-hetero) is 1. The Morgan fingerprint density at radius 3 is 2.12 bits per heavy atom. The van der Waals surface area contributed by atoms with Gasteiger partial charge in [-0.2, -0.15) is 0 Å². The van der Waals surface area contributed by atoms with E-state index >= 15 is 0 Å². The largest absolute Gasteiger partial charge is 0.350 e. The van der Waals surface area contributed by atoms with Crippen molar-refractivity contribution in [2.45, 2.75) is 31.7 Å². The maximum atomic E-state index is 11.2. The number of rotatable bonds is 1. The molecule has 1 fully saturated rings. The summed E-state index contributed by atoms with van der Waals surface area (Å²) in [4.78, 5) is 11.2. The second-order valence-electron chi connectivity index (χ2n) is 4.60. The van der Waals surface area contributed by atoms with Crippen LogP contribution >= 0.6 is 0 Å². The highest BCUT2D eigenvalue weighted by Crippen LogP contribution is 2.28.